The Morgan fingerprint density at radius 2 is 0.977 bits per heavy atom. The lowest BCUT2D eigenvalue weighted by molar-refractivity contribution is 0.0527. The summed E-state index contributed by atoms with van der Waals surface area (Å²) in [6.07, 6.45) is 5.08. The average molecular weight is 566 g/mol. The Hall–Kier alpha value is -4.37. The largest absolute Gasteiger partial charge is 0.444 e. The van der Waals surface area contributed by atoms with Gasteiger partial charge in [-0.15, -0.1) is 0 Å². The topological polar surface area (TPSA) is 38.3 Å². The van der Waals surface area contributed by atoms with E-state index in [1.165, 1.54) is 65.3 Å². The number of hydrogen-bond donors (Lipinski definition) is 1. The van der Waals surface area contributed by atoms with Gasteiger partial charge in [0, 0.05) is 12.5 Å². The Kier molecular flexibility index (Phi) is 7.05. The normalized spacial score (nSPS) is 13.1. The summed E-state index contributed by atoms with van der Waals surface area (Å²) in [7, 11) is 0. The van der Waals surface area contributed by atoms with Crippen molar-refractivity contribution >= 4 is 49.2 Å². The van der Waals surface area contributed by atoms with Crippen LogP contribution in [0.25, 0.3) is 54.2 Å². The molecule has 0 unspecified atom stereocenters. The Morgan fingerprint density at radius 1 is 0.581 bits per heavy atom. The Bertz CT molecular complexity index is 1870. The van der Waals surface area contributed by atoms with Crippen LogP contribution in [0.5, 0.6) is 0 Å². The van der Waals surface area contributed by atoms with Crippen LogP contribution in [0.3, 0.4) is 0 Å². The number of unbranched alkanes of at least 4 members (excludes halogenated alkanes) is 3. The van der Waals surface area contributed by atoms with Crippen LogP contribution in [0.4, 0.5) is 4.79 Å². The third-order valence-corrected chi connectivity index (χ3v) is 8.98. The Morgan fingerprint density at radius 3 is 1.44 bits per heavy atom. The molecule has 0 saturated heterocycles. The van der Waals surface area contributed by atoms with E-state index in [0.717, 1.165) is 32.1 Å². The van der Waals surface area contributed by atoms with Gasteiger partial charge in [-0.3, -0.25) is 0 Å². The number of ether oxygens (including phenoxy) is 1. The molecule has 216 valence electrons. The number of alkyl carbamates (subject to hydrolysis) is 1. The van der Waals surface area contributed by atoms with Crippen molar-refractivity contribution in [2.75, 3.05) is 6.54 Å². The second-order valence-electron chi connectivity index (χ2n) is 12.9. The van der Waals surface area contributed by atoms with E-state index in [-0.39, 0.29) is 6.09 Å². The van der Waals surface area contributed by atoms with Gasteiger partial charge in [-0.25, -0.2) is 4.79 Å². The molecule has 3 nitrogen and oxygen atoms in total. The molecule has 6 aromatic carbocycles. The van der Waals surface area contributed by atoms with Crippen LogP contribution in [0.1, 0.15) is 69.9 Å². The molecule has 0 aliphatic heterocycles. The minimum absolute atomic E-state index is 0.328. The molecule has 0 bridgehead atoms. The monoisotopic (exact) mass is 565 g/mol. The van der Waals surface area contributed by atoms with Gasteiger partial charge in [0.1, 0.15) is 5.60 Å². The van der Waals surface area contributed by atoms with Crippen molar-refractivity contribution in [3.05, 3.63) is 108 Å². The summed E-state index contributed by atoms with van der Waals surface area (Å²) in [5, 5.41) is 13.7. The summed E-state index contributed by atoms with van der Waals surface area (Å²) in [6.45, 7) is 6.33. The lowest BCUT2D eigenvalue weighted by atomic mass is 9.84. The zero-order chi connectivity index (χ0) is 29.6. The summed E-state index contributed by atoms with van der Waals surface area (Å²) in [5.74, 6) is 0.328. The Balaban J connectivity index is 1.28. The molecule has 1 amide bonds. The first kappa shape index (κ1) is 27.5. The first-order valence-electron chi connectivity index (χ1n) is 15.8. The molecule has 1 aliphatic rings. The van der Waals surface area contributed by atoms with E-state index >= 15 is 0 Å². The van der Waals surface area contributed by atoms with Gasteiger partial charge in [0.05, 0.1) is 0 Å². The first-order chi connectivity index (χ1) is 20.9. The van der Waals surface area contributed by atoms with Crippen LogP contribution in [0, 0.1) is 0 Å². The average Bonchev–Trinajstić information content (AvgIpc) is 3.36. The molecule has 6 aromatic rings. The highest BCUT2D eigenvalue weighted by Crippen LogP contribution is 2.57. The molecule has 1 N–H and O–H groups in total. The molecule has 0 heterocycles. The van der Waals surface area contributed by atoms with Gasteiger partial charge in [-0.2, -0.15) is 0 Å². The molecule has 0 spiro atoms. The fourth-order valence-electron chi connectivity index (χ4n) is 7.36. The van der Waals surface area contributed by atoms with Gasteiger partial charge >= 0.3 is 6.09 Å². The smallest absolute Gasteiger partial charge is 0.407 e. The first-order valence-corrected chi connectivity index (χ1v) is 15.8. The third-order valence-electron chi connectivity index (χ3n) is 8.98. The molecule has 1 aliphatic carbocycles. The van der Waals surface area contributed by atoms with Crippen LogP contribution in [-0.2, 0) is 4.74 Å². The van der Waals surface area contributed by atoms with Crippen molar-refractivity contribution in [1.29, 1.82) is 0 Å². The Labute approximate surface area is 253 Å². The number of carbonyl (C=O) groups excluding carboxylic acids is 1. The van der Waals surface area contributed by atoms with Crippen LogP contribution >= 0.6 is 0 Å². The van der Waals surface area contributed by atoms with Crippen molar-refractivity contribution in [2.24, 2.45) is 0 Å². The number of rotatable bonds is 7. The molecule has 0 fully saturated rings. The second-order valence-corrected chi connectivity index (χ2v) is 12.9. The maximum absolute atomic E-state index is 12.0. The van der Waals surface area contributed by atoms with E-state index in [1.54, 1.807) is 0 Å². The maximum Gasteiger partial charge on any atom is 0.407 e. The van der Waals surface area contributed by atoms with Crippen LogP contribution in [-0.4, -0.2) is 18.2 Å². The summed E-state index contributed by atoms with van der Waals surface area (Å²) in [6, 6.07) is 36.0. The van der Waals surface area contributed by atoms with Crippen molar-refractivity contribution < 1.29 is 9.53 Å². The van der Waals surface area contributed by atoms with E-state index in [1.807, 2.05) is 20.8 Å². The van der Waals surface area contributed by atoms with Gasteiger partial charge in [-0.05, 0) is 99.0 Å². The van der Waals surface area contributed by atoms with Crippen molar-refractivity contribution in [3.63, 3.8) is 0 Å². The molecule has 43 heavy (non-hydrogen) atoms. The summed E-state index contributed by atoms with van der Waals surface area (Å²) >= 11 is 0. The third kappa shape index (κ3) is 4.91. The quantitative estimate of drug-likeness (QED) is 0.154. The second kappa shape index (κ2) is 11.0. The molecule has 3 heteroatoms. The van der Waals surface area contributed by atoms with Crippen molar-refractivity contribution in [2.45, 2.75) is 64.4 Å². The SMILES string of the molecule is CC(C)(C)OC(=O)NCCCCCCC1c2c(c3ccccc3c3ccccc23)-c2c1c1ccccc1c1ccccc21. The molecule has 0 radical (unpaired) electrons. The van der Waals surface area contributed by atoms with Crippen LogP contribution in [0.2, 0.25) is 0 Å². The zero-order valence-electron chi connectivity index (χ0n) is 25.4. The van der Waals surface area contributed by atoms with E-state index in [2.05, 4.69) is 102 Å². The molecule has 0 saturated carbocycles. The minimum atomic E-state index is -0.469. The summed E-state index contributed by atoms with van der Waals surface area (Å²) < 4.78 is 5.38. The number of fused-ring (bicyclic) bond motifs is 13. The van der Waals surface area contributed by atoms with Gasteiger partial charge in [0.25, 0.3) is 0 Å². The molecular formula is C40H39NO2. The zero-order valence-corrected chi connectivity index (χ0v) is 25.4. The number of carbonyl (C=O) groups is 1. The number of benzene rings is 6. The van der Waals surface area contributed by atoms with Gasteiger partial charge < -0.3 is 10.1 Å². The maximum atomic E-state index is 12.0. The van der Waals surface area contributed by atoms with Crippen molar-refractivity contribution in [1.82, 2.24) is 5.32 Å². The highest BCUT2D eigenvalue weighted by atomic mass is 16.6. The van der Waals surface area contributed by atoms with E-state index in [4.69, 9.17) is 4.74 Å². The van der Waals surface area contributed by atoms with Crippen LogP contribution < -0.4 is 5.32 Å². The predicted octanol–water partition coefficient (Wildman–Crippen LogP) is 10.9. The molecular weight excluding hydrogens is 526 g/mol. The summed E-state index contributed by atoms with van der Waals surface area (Å²) in [5.41, 5.74) is 5.38. The highest BCUT2D eigenvalue weighted by molar-refractivity contribution is 6.25. The van der Waals surface area contributed by atoms with Crippen LogP contribution in [0.15, 0.2) is 97.1 Å². The number of amides is 1. The summed E-state index contributed by atoms with van der Waals surface area (Å²) in [4.78, 5) is 12.0. The van der Waals surface area contributed by atoms with E-state index < -0.39 is 5.60 Å². The van der Waals surface area contributed by atoms with E-state index in [0.29, 0.717) is 12.5 Å². The lowest BCUT2D eigenvalue weighted by Crippen LogP contribution is -2.32. The highest BCUT2D eigenvalue weighted by Gasteiger charge is 2.35. The molecule has 0 atom stereocenters. The van der Waals surface area contributed by atoms with Gasteiger partial charge in [0.2, 0.25) is 0 Å². The van der Waals surface area contributed by atoms with Gasteiger partial charge in [-0.1, -0.05) is 116 Å². The van der Waals surface area contributed by atoms with E-state index in [9.17, 15) is 4.79 Å². The van der Waals surface area contributed by atoms with Gasteiger partial charge in [0.15, 0.2) is 0 Å². The number of hydrogen-bond acceptors (Lipinski definition) is 2. The minimum Gasteiger partial charge on any atom is -0.444 e. The lowest BCUT2D eigenvalue weighted by Gasteiger charge is -2.20. The predicted molar refractivity (Wildman–Crippen MR) is 181 cm³/mol. The number of nitrogens with one attached hydrogen (secondary N) is 1. The standard InChI is InChI=1S/C40H39NO2/c1-40(2,3)43-39(42)41-25-15-5-4-6-24-34-35-30-20-11-7-16-26(30)28-18-9-13-22-32(28)37(35)38-33-23-14-10-19-29(33)27-17-8-12-21-31(27)36(34)38/h7-14,16-23,34H,4-6,15,24-25H2,1-3H3,(H,41,42). The fraction of sp³-hybridized carbons (Fsp3) is 0.275. The van der Waals surface area contributed by atoms with Crippen molar-refractivity contribution in [3.8, 4) is 11.1 Å². The molecule has 7 rings (SSSR count). The fourth-order valence-corrected chi connectivity index (χ4v) is 7.36. The molecule has 0 aromatic heterocycles.